The molecule has 1 aromatic carbocycles. The van der Waals surface area contributed by atoms with Crippen LogP contribution in [0, 0.1) is 5.82 Å². The molecule has 1 rings (SSSR count). The number of benzene rings is 1. The van der Waals surface area contributed by atoms with Gasteiger partial charge in [0.2, 0.25) is 0 Å². The first kappa shape index (κ1) is 14.9. The summed E-state index contributed by atoms with van der Waals surface area (Å²) in [5, 5.41) is 3.91. The van der Waals surface area contributed by atoms with Crippen molar-refractivity contribution in [1.82, 2.24) is 5.32 Å². The van der Waals surface area contributed by atoms with Crippen LogP contribution < -0.4 is 5.32 Å². The summed E-state index contributed by atoms with van der Waals surface area (Å²) in [5.41, 5.74) is 0.697. The minimum Gasteiger partial charge on any atom is -0.315 e. The third-order valence-electron chi connectivity index (χ3n) is 2.51. The second kappa shape index (κ2) is 7.34. The summed E-state index contributed by atoms with van der Waals surface area (Å²) in [7, 11) is 0. The fourth-order valence-corrected chi connectivity index (χ4v) is 2.09. The van der Waals surface area contributed by atoms with E-state index in [0.29, 0.717) is 21.1 Å². The molecule has 17 heavy (non-hydrogen) atoms. The molecule has 96 valence electrons. The third kappa shape index (κ3) is 5.36. The molecule has 0 aromatic heterocycles. The Bertz CT molecular complexity index is 369. The van der Waals surface area contributed by atoms with Crippen LogP contribution in [-0.2, 0) is 6.42 Å². The maximum Gasteiger partial charge on any atom is 0.127 e. The molecule has 1 N–H and O–H groups in total. The molecule has 0 heterocycles. The average Bonchev–Trinajstić information content (AvgIpc) is 2.24. The fourth-order valence-electron chi connectivity index (χ4n) is 1.59. The van der Waals surface area contributed by atoms with Crippen LogP contribution in [0.3, 0.4) is 0 Å². The van der Waals surface area contributed by atoms with Crippen molar-refractivity contribution < 1.29 is 4.39 Å². The SMILES string of the molecule is CC(C)NCCCCc1cc(Cl)c(Br)cc1F. The van der Waals surface area contributed by atoms with Crippen LogP contribution in [0.4, 0.5) is 4.39 Å². The molecule has 0 bridgehead atoms. The van der Waals surface area contributed by atoms with Crippen molar-refractivity contribution in [2.45, 2.75) is 39.2 Å². The summed E-state index contributed by atoms with van der Waals surface area (Å²) < 4.78 is 14.2. The van der Waals surface area contributed by atoms with Crippen LogP contribution in [0.2, 0.25) is 5.02 Å². The van der Waals surface area contributed by atoms with Gasteiger partial charge in [0.15, 0.2) is 0 Å². The van der Waals surface area contributed by atoms with Crippen LogP contribution in [0.25, 0.3) is 0 Å². The molecule has 0 saturated carbocycles. The molecule has 0 radical (unpaired) electrons. The fraction of sp³-hybridized carbons (Fsp3) is 0.538. The summed E-state index contributed by atoms with van der Waals surface area (Å²) in [6.45, 7) is 5.21. The standard InChI is InChI=1S/C13H18BrClFN/c1-9(2)17-6-4-3-5-10-7-12(15)11(14)8-13(10)16/h7-9,17H,3-6H2,1-2H3. The Morgan fingerprint density at radius 3 is 2.71 bits per heavy atom. The van der Waals surface area contributed by atoms with Crippen LogP contribution in [0.5, 0.6) is 0 Å². The number of aryl methyl sites for hydroxylation is 1. The zero-order valence-corrected chi connectivity index (χ0v) is 12.5. The van der Waals surface area contributed by atoms with Crippen molar-refractivity contribution in [1.29, 1.82) is 0 Å². The molecule has 0 saturated heterocycles. The highest BCUT2D eigenvalue weighted by Crippen LogP contribution is 2.26. The number of halogens is 3. The zero-order chi connectivity index (χ0) is 12.8. The monoisotopic (exact) mass is 321 g/mol. The number of rotatable bonds is 6. The molecule has 0 unspecified atom stereocenters. The van der Waals surface area contributed by atoms with Gasteiger partial charge < -0.3 is 5.32 Å². The van der Waals surface area contributed by atoms with E-state index in [2.05, 4.69) is 35.1 Å². The molecule has 0 aliphatic rings. The largest absolute Gasteiger partial charge is 0.315 e. The highest BCUT2D eigenvalue weighted by atomic mass is 79.9. The number of unbranched alkanes of at least 4 members (excludes halogenated alkanes) is 1. The van der Waals surface area contributed by atoms with Crippen molar-refractivity contribution in [2.24, 2.45) is 0 Å². The molecule has 1 nitrogen and oxygen atoms in total. The summed E-state index contributed by atoms with van der Waals surface area (Å²) in [6, 6.07) is 3.65. The molecular weight excluding hydrogens is 305 g/mol. The normalized spacial score (nSPS) is 11.2. The van der Waals surface area contributed by atoms with Crippen LogP contribution in [-0.4, -0.2) is 12.6 Å². The quantitative estimate of drug-likeness (QED) is 0.598. The second-order valence-corrected chi connectivity index (χ2v) is 5.69. The van der Waals surface area contributed by atoms with Gasteiger partial charge in [0, 0.05) is 10.5 Å². The van der Waals surface area contributed by atoms with E-state index in [1.54, 1.807) is 6.07 Å². The predicted molar refractivity (Wildman–Crippen MR) is 75.2 cm³/mol. The first-order valence-corrected chi connectivity index (χ1v) is 7.04. The summed E-state index contributed by atoms with van der Waals surface area (Å²) in [4.78, 5) is 0. The molecule has 0 spiro atoms. The molecule has 0 amide bonds. The van der Waals surface area contributed by atoms with E-state index in [4.69, 9.17) is 11.6 Å². The summed E-state index contributed by atoms with van der Waals surface area (Å²) >= 11 is 9.15. The Morgan fingerprint density at radius 2 is 2.06 bits per heavy atom. The van der Waals surface area contributed by atoms with Crippen LogP contribution in [0.15, 0.2) is 16.6 Å². The second-order valence-electron chi connectivity index (χ2n) is 4.42. The summed E-state index contributed by atoms with van der Waals surface area (Å²) in [5.74, 6) is -0.182. The highest BCUT2D eigenvalue weighted by molar-refractivity contribution is 9.10. The maximum absolute atomic E-state index is 13.6. The first-order valence-electron chi connectivity index (χ1n) is 5.87. The number of nitrogens with one attached hydrogen (secondary N) is 1. The van der Waals surface area contributed by atoms with Crippen molar-refractivity contribution >= 4 is 27.5 Å². The van der Waals surface area contributed by atoms with Gasteiger partial charge in [-0.25, -0.2) is 4.39 Å². The van der Waals surface area contributed by atoms with Gasteiger partial charge in [0.1, 0.15) is 5.82 Å². The molecule has 0 aliphatic heterocycles. The van der Waals surface area contributed by atoms with Crippen molar-refractivity contribution in [3.8, 4) is 0 Å². The van der Waals surface area contributed by atoms with Gasteiger partial charge in [0.25, 0.3) is 0 Å². The van der Waals surface area contributed by atoms with Crippen molar-refractivity contribution in [3.05, 3.63) is 33.0 Å². The van der Waals surface area contributed by atoms with E-state index in [1.165, 1.54) is 6.07 Å². The molecule has 0 fully saturated rings. The van der Waals surface area contributed by atoms with E-state index in [1.807, 2.05) is 0 Å². The zero-order valence-electron chi connectivity index (χ0n) is 10.2. The minimum atomic E-state index is -0.182. The van der Waals surface area contributed by atoms with Crippen LogP contribution in [0.1, 0.15) is 32.3 Å². The van der Waals surface area contributed by atoms with Gasteiger partial charge in [-0.1, -0.05) is 25.4 Å². The number of hydrogen-bond donors (Lipinski definition) is 1. The molecule has 0 aliphatic carbocycles. The van der Waals surface area contributed by atoms with Gasteiger partial charge in [-0.3, -0.25) is 0 Å². The van der Waals surface area contributed by atoms with Crippen molar-refractivity contribution in [2.75, 3.05) is 6.54 Å². The lowest BCUT2D eigenvalue weighted by Crippen LogP contribution is -2.23. The lowest BCUT2D eigenvalue weighted by atomic mass is 10.1. The highest BCUT2D eigenvalue weighted by Gasteiger charge is 2.06. The third-order valence-corrected chi connectivity index (χ3v) is 3.71. The smallest absolute Gasteiger partial charge is 0.127 e. The number of hydrogen-bond acceptors (Lipinski definition) is 1. The van der Waals surface area contributed by atoms with Gasteiger partial charge in [-0.15, -0.1) is 0 Å². The Balaban J connectivity index is 2.39. The molecular formula is C13H18BrClFN. The van der Waals surface area contributed by atoms with E-state index < -0.39 is 0 Å². The van der Waals surface area contributed by atoms with Gasteiger partial charge in [-0.2, -0.15) is 0 Å². The van der Waals surface area contributed by atoms with E-state index >= 15 is 0 Å². The lowest BCUT2D eigenvalue weighted by Gasteiger charge is -2.08. The summed E-state index contributed by atoms with van der Waals surface area (Å²) in [6.07, 6.45) is 2.75. The Kier molecular flexibility index (Phi) is 6.45. The van der Waals surface area contributed by atoms with E-state index in [-0.39, 0.29) is 5.82 Å². The first-order chi connectivity index (χ1) is 8.00. The Hall–Kier alpha value is -0.120. The molecule has 0 atom stereocenters. The average molecular weight is 323 g/mol. The predicted octanol–water partition coefficient (Wildman–Crippen LogP) is 4.56. The topological polar surface area (TPSA) is 12.0 Å². The van der Waals surface area contributed by atoms with Gasteiger partial charge >= 0.3 is 0 Å². The van der Waals surface area contributed by atoms with E-state index in [9.17, 15) is 4.39 Å². The lowest BCUT2D eigenvalue weighted by molar-refractivity contribution is 0.550. The van der Waals surface area contributed by atoms with E-state index in [0.717, 1.165) is 25.8 Å². The minimum absolute atomic E-state index is 0.182. The Morgan fingerprint density at radius 1 is 1.35 bits per heavy atom. The molecule has 4 heteroatoms. The Labute approximate surface area is 116 Å². The van der Waals surface area contributed by atoms with Gasteiger partial charge in [-0.05, 0) is 59.4 Å². The van der Waals surface area contributed by atoms with Crippen LogP contribution >= 0.6 is 27.5 Å². The van der Waals surface area contributed by atoms with Crippen molar-refractivity contribution in [3.63, 3.8) is 0 Å². The maximum atomic E-state index is 13.6. The van der Waals surface area contributed by atoms with Gasteiger partial charge in [0.05, 0.1) is 5.02 Å². The molecule has 1 aromatic rings.